The first-order chi connectivity index (χ1) is 12.8. The van der Waals surface area contributed by atoms with Crippen molar-refractivity contribution in [1.29, 1.82) is 0 Å². The maximum absolute atomic E-state index is 13.4. The van der Waals surface area contributed by atoms with E-state index in [2.05, 4.69) is 0 Å². The van der Waals surface area contributed by atoms with Gasteiger partial charge in [-0.05, 0) is 49.2 Å². The number of benzene rings is 2. The topological polar surface area (TPSA) is 72.9 Å². The molecule has 1 fully saturated rings. The van der Waals surface area contributed by atoms with Gasteiger partial charge in [-0.15, -0.1) is 0 Å². The molecule has 142 valence electrons. The van der Waals surface area contributed by atoms with Crippen LogP contribution in [0.2, 0.25) is 0 Å². The molecular weight excluding hydrogens is 366 g/mol. The molecule has 7 heteroatoms. The summed E-state index contributed by atoms with van der Waals surface area (Å²) in [5.41, 5.74) is 0.365. The minimum Gasteiger partial charge on any atom is -0.497 e. The van der Waals surface area contributed by atoms with Crippen molar-refractivity contribution in [2.75, 3.05) is 13.7 Å². The van der Waals surface area contributed by atoms with Crippen LogP contribution in [0, 0.1) is 0 Å². The fourth-order valence-corrected chi connectivity index (χ4v) is 5.70. The number of ether oxygens (including phenoxy) is 2. The summed E-state index contributed by atoms with van der Waals surface area (Å²) in [7, 11) is -2.36. The summed E-state index contributed by atoms with van der Waals surface area (Å²) in [5, 5.41) is -1.31. The number of fused-ring (bicyclic) bond motifs is 3. The number of hydrogen-bond donors (Lipinski definition) is 0. The summed E-state index contributed by atoms with van der Waals surface area (Å²) < 4.78 is 37.9. The van der Waals surface area contributed by atoms with Gasteiger partial charge in [0, 0.05) is 0 Å². The summed E-state index contributed by atoms with van der Waals surface area (Å²) >= 11 is 0. The predicted octanol–water partition coefficient (Wildman–Crippen LogP) is 2.86. The molecule has 6 nitrogen and oxygen atoms in total. The maximum Gasteiger partial charge on any atom is 0.248 e. The molecule has 2 aliphatic rings. The van der Waals surface area contributed by atoms with E-state index < -0.39 is 26.7 Å². The van der Waals surface area contributed by atoms with Gasteiger partial charge in [0.05, 0.1) is 24.7 Å². The molecule has 2 aromatic rings. The van der Waals surface area contributed by atoms with E-state index in [4.69, 9.17) is 9.47 Å². The van der Waals surface area contributed by atoms with Gasteiger partial charge in [-0.25, -0.2) is 8.42 Å². The molecule has 0 radical (unpaired) electrons. The third-order valence-electron chi connectivity index (χ3n) is 5.27. The first kappa shape index (κ1) is 18.0. The molecule has 2 aliphatic heterocycles. The van der Waals surface area contributed by atoms with Gasteiger partial charge in [-0.1, -0.05) is 24.3 Å². The molecule has 2 heterocycles. The second-order valence-electron chi connectivity index (χ2n) is 7.21. The highest BCUT2D eigenvalue weighted by atomic mass is 32.2. The van der Waals surface area contributed by atoms with E-state index in [0.29, 0.717) is 17.9 Å². The summed E-state index contributed by atoms with van der Waals surface area (Å²) in [4.78, 5) is 15.1. The standard InChI is InChI=1S/C20H21NO5S/c1-20(2)21-17(12-26-20)16-11-13(25-3)9-10-15(16)18(19(21)22)27(23,24)14-7-5-4-6-8-14/h4-11,17-18H,12H2,1-3H3/t17-,18-/m1/s1. The third-order valence-corrected chi connectivity index (χ3v) is 7.27. The van der Waals surface area contributed by atoms with E-state index in [-0.39, 0.29) is 10.9 Å². The Hall–Kier alpha value is -2.38. The lowest BCUT2D eigenvalue weighted by Crippen LogP contribution is -2.51. The molecule has 1 amide bonds. The van der Waals surface area contributed by atoms with Crippen LogP contribution in [-0.2, 0) is 19.4 Å². The number of nitrogens with zero attached hydrogens (tertiary/aromatic N) is 1. The smallest absolute Gasteiger partial charge is 0.248 e. The Morgan fingerprint density at radius 3 is 2.48 bits per heavy atom. The lowest BCUT2D eigenvalue weighted by atomic mass is 9.91. The van der Waals surface area contributed by atoms with E-state index in [1.165, 1.54) is 12.1 Å². The molecule has 1 saturated heterocycles. The quantitative estimate of drug-likeness (QED) is 0.810. The number of carbonyl (C=O) groups excluding carboxylic acids is 1. The lowest BCUT2D eigenvalue weighted by molar-refractivity contribution is -0.146. The summed E-state index contributed by atoms with van der Waals surface area (Å²) in [5.74, 6) is 0.160. The van der Waals surface area contributed by atoms with Crippen molar-refractivity contribution in [3.05, 3.63) is 59.7 Å². The normalized spacial score (nSPS) is 23.7. The minimum absolute atomic E-state index is 0.126. The van der Waals surface area contributed by atoms with E-state index in [1.54, 1.807) is 62.3 Å². The Kier molecular flexibility index (Phi) is 4.05. The molecule has 0 aliphatic carbocycles. The van der Waals surface area contributed by atoms with Crippen LogP contribution in [0.15, 0.2) is 53.4 Å². The Bertz CT molecular complexity index is 1000. The number of methoxy groups -OCH3 is 1. The van der Waals surface area contributed by atoms with Crippen LogP contribution in [0.5, 0.6) is 5.75 Å². The number of sulfone groups is 1. The van der Waals surface area contributed by atoms with Gasteiger partial charge in [0.15, 0.2) is 15.1 Å². The van der Waals surface area contributed by atoms with Crippen LogP contribution in [0.25, 0.3) is 0 Å². The van der Waals surface area contributed by atoms with Crippen molar-refractivity contribution in [2.45, 2.75) is 35.8 Å². The molecule has 0 unspecified atom stereocenters. The monoisotopic (exact) mass is 387 g/mol. The molecule has 27 heavy (non-hydrogen) atoms. The van der Waals surface area contributed by atoms with E-state index in [9.17, 15) is 13.2 Å². The number of rotatable bonds is 3. The molecular formula is C20H21NO5S. The highest BCUT2D eigenvalue weighted by molar-refractivity contribution is 7.92. The van der Waals surface area contributed by atoms with Gasteiger partial charge in [-0.2, -0.15) is 0 Å². The minimum atomic E-state index is -3.92. The highest BCUT2D eigenvalue weighted by Crippen LogP contribution is 2.49. The summed E-state index contributed by atoms with van der Waals surface area (Å²) in [6.45, 7) is 3.88. The van der Waals surface area contributed by atoms with Crippen LogP contribution in [0.4, 0.5) is 0 Å². The predicted molar refractivity (Wildman–Crippen MR) is 99.0 cm³/mol. The zero-order valence-electron chi connectivity index (χ0n) is 15.4. The summed E-state index contributed by atoms with van der Waals surface area (Å²) in [6.07, 6.45) is 0. The van der Waals surface area contributed by atoms with E-state index in [0.717, 1.165) is 5.56 Å². The summed E-state index contributed by atoms with van der Waals surface area (Å²) in [6, 6.07) is 12.9. The van der Waals surface area contributed by atoms with Crippen molar-refractivity contribution in [3.8, 4) is 5.75 Å². The Morgan fingerprint density at radius 1 is 1.11 bits per heavy atom. The van der Waals surface area contributed by atoms with Crippen molar-refractivity contribution >= 4 is 15.7 Å². The van der Waals surface area contributed by atoms with E-state index in [1.807, 2.05) is 0 Å². The van der Waals surface area contributed by atoms with E-state index >= 15 is 0 Å². The van der Waals surface area contributed by atoms with Crippen molar-refractivity contribution in [1.82, 2.24) is 4.90 Å². The first-order valence-corrected chi connectivity index (χ1v) is 10.3. The largest absolute Gasteiger partial charge is 0.497 e. The molecule has 0 aromatic heterocycles. The van der Waals surface area contributed by atoms with Crippen LogP contribution in [-0.4, -0.2) is 38.7 Å². The fraction of sp³-hybridized carbons (Fsp3) is 0.350. The third kappa shape index (κ3) is 2.64. The average Bonchev–Trinajstić information content (AvgIpc) is 2.98. The zero-order valence-corrected chi connectivity index (χ0v) is 16.2. The molecule has 4 rings (SSSR count). The first-order valence-electron chi connectivity index (χ1n) is 8.71. The fourth-order valence-electron chi connectivity index (χ4n) is 3.96. The maximum atomic E-state index is 13.4. The van der Waals surface area contributed by atoms with Crippen LogP contribution < -0.4 is 4.74 Å². The van der Waals surface area contributed by atoms with Crippen molar-refractivity contribution in [3.63, 3.8) is 0 Å². The van der Waals surface area contributed by atoms with Gasteiger partial charge in [-0.3, -0.25) is 4.79 Å². The Balaban J connectivity index is 1.95. The Morgan fingerprint density at radius 2 is 1.81 bits per heavy atom. The molecule has 0 N–H and O–H groups in total. The van der Waals surface area contributed by atoms with Crippen LogP contribution in [0.1, 0.15) is 36.3 Å². The van der Waals surface area contributed by atoms with Gasteiger partial charge < -0.3 is 14.4 Å². The number of carbonyl (C=O) groups is 1. The molecule has 2 aromatic carbocycles. The van der Waals surface area contributed by atoms with Crippen molar-refractivity contribution in [2.24, 2.45) is 0 Å². The highest BCUT2D eigenvalue weighted by Gasteiger charge is 2.54. The molecule has 0 bridgehead atoms. The SMILES string of the molecule is COc1ccc2c(c1)[C@H]1COC(C)(C)N1C(=O)[C@@H]2S(=O)(=O)c1ccccc1. The van der Waals surface area contributed by atoms with Crippen molar-refractivity contribution < 1.29 is 22.7 Å². The van der Waals surface area contributed by atoms with Gasteiger partial charge >= 0.3 is 0 Å². The second kappa shape index (κ2) is 6.07. The number of amides is 1. The average molecular weight is 387 g/mol. The van der Waals surface area contributed by atoms with Gasteiger partial charge in [0.1, 0.15) is 11.5 Å². The van der Waals surface area contributed by atoms with Crippen LogP contribution >= 0.6 is 0 Å². The zero-order chi connectivity index (χ0) is 19.4. The number of hydrogen-bond acceptors (Lipinski definition) is 5. The lowest BCUT2D eigenvalue weighted by Gasteiger charge is -2.41. The molecule has 2 atom stereocenters. The van der Waals surface area contributed by atoms with Gasteiger partial charge in [0.2, 0.25) is 5.91 Å². The van der Waals surface area contributed by atoms with Crippen LogP contribution in [0.3, 0.4) is 0 Å². The molecule has 0 spiro atoms. The second-order valence-corrected chi connectivity index (χ2v) is 9.25. The Labute approximate surface area is 158 Å². The molecule has 0 saturated carbocycles. The van der Waals surface area contributed by atoms with Gasteiger partial charge in [0.25, 0.3) is 0 Å².